The van der Waals surface area contributed by atoms with Crippen LogP contribution in [0.1, 0.15) is 43.9 Å². The molecule has 2 aromatic carbocycles. The van der Waals surface area contributed by atoms with Gasteiger partial charge in [-0.1, -0.05) is 59.6 Å². The van der Waals surface area contributed by atoms with Crippen LogP contribution in [0.4, 0.5) is 0 Å². The molecule has 232 valence electrons. The van der Waals surface area contributed by atoms with E-state index in [0.29, 0.717) is 44.5 Å². The Hall–Kier alpha value is -3.89. The zero-order valence-electron chi connectivity index (χ0n) is 24.7. The molecule has 1 saturated heterocycles. The predicted octanol–water partition coefficient (Wildman–Crippen LogP) is 3.30. The minimum atomic E-state index is -0.703. The zero-order chi connectivity index (χ0) is 31.5. The van der Waals surface area contributed by atoms with E-state index in [9.17, 15) is 24.0 Å². The van der Waals surface area contributed by atoms with Gasteiger partial charge in [0, 0.05) is 50.9 Å². The van der Waals surface area contributed by atoms with Gasteiger partial charge >= 0.3 is 5.69 Å². The van der Waals surface area contributed by atoms with E-state index in [1.54, 1.807) is 30.0 Å². The number of fused-ring (bicyclic) bond motifs is 1. The third-order valence-corrected chi connectivity index (χ3v) is 9.30. The molecule has 3 aromatic rings. The number of aromatic nitrogens is 2. The maximum atomic E-state index is 13.6. The molecule has 3 heterocycles. The molecule has 1 atom stereocenters. The SMILES string of the molecule is CC(=O)NC[C@H](C)n1c(=O)c(-c2cccc(Cl)c2Cl)cn(CC(=O)N2CCC(N3CCc4ccccc4CC3=O)CC2)c1=O. The van der Waals surface area contributed by atoms with Gasteiger partial charge in [-0.3, -0.25) is 28.3 Å². The molecule has 3 amide bonds. The number of nitrogens with one attached hydrogen (secondary N) is 1. The molecule has 0 aliphatic carbocycles. The summed E-state index contributed by atoms with van der Waals surface area (Å²) in [6, 6.07) is 12.2. The summed E-state index contributed by atoms with van der Waals surface area (Å²) < 4.78 is 2.24. The van der Waals surface area contributed by atoms with E-state index < -0.39 is 17.3 Å². The van der Waals surface area contributed by atoms with Gasteiger partial charge in [-0.15, -0.1) is 0 Å². The lowest BCUT2D eigenvalue weighted by Crippen LogP contribution is -2.51. The Kier molecular flexibility index (Phi) is 9.60. The summed E-state index contributed by atoms with van der Waals surface area (Å²) in [7, 11) is 0. The van der Waals surface area contributed by atoms with E-state index in [2.05, 4.69) is 11.4 Å². The maximum absolute atomic E-state index is 13.6. The molecule has 1 fully saturated rings. The molecule has 5 rings (SSSR count). The van der Waals surface area contributed by atoms with Gasteiger partial charge < -0.3 is 15.1 Å². The van der Waals surface area contributed by atoms with Crippen molar-refractivity contribution in [2.75, 3.05) is 26.2 Å². The molecule has 10 nitrogen and oxygen atoms in total. The second-order valence-corrected chi connectivity index (χ2v) is 12.2. The lowest BCUT2D eigenvalue weighted by molar-refractivity contribution is -0.136. The van der Waals surface area contributed by atoms with Gasteiger partial charge in [-0.2, -0.15) is 0 Å². The Morgan fingerprint density at radius 2 is 1.66 bits per heavy atom. The average molecular weight is 641 g/mol. The highest BCUT2D eigenvalue weighted by atomic mass is 35.5. The Balaban J connectivity index is 1.35. The number of likely N-dealkylation sites (tertiary alicyclic amines) is 1. The molecule has 0 unspecified atom stereocenters. The van der Waals surface area contributed by atoms with Crippen LogP contribution in [0.25, 0.3) is 11.1 Å². The highest BCUT2D eigenvalue weighted by Gasteiger charge is 2.31. The summed E-state index contributed by atoms with van der Waals surface area (Å²) in [6.45, 7) is 4.28. The number of piperidine rings is 1. The topological polar surface area (TPSA) is 114 Å². The van der Waals surface area contributed by atoms with Gasteiger partial charge in [-0.05, 0) is 43.4 Å². The first-order chi connectivity index (χ1) is 21.0. The first kappa shape index (κ1) is 31.5. The molecular formula is C32H35Cl2N5O5. The van der Waals surface area contributed by atoms with Crippen LogP contribution in [0.3, 0.4) is 0 Å². The van der Waals surface area contributed by atoms with Gasteiger partial charge in [-0.25, -0.2) is 4.79 Å². The Morgan fingerprint density at radius 1 is 0.955 bits per heavy atom. The van der Waals surface area contributed by atoms with Crippen molar-refractivity contribution < 1.29 is 14.4 Å². The average Bonchev–Trinajstić information content (AvgIpc) is 3.17. The quantitative estimate of drug-likeness (QED) is 0.426. The molecule has 0 bridgehead atoms. The number of hydrogen-bond donors (Lipinski definition) is 1. The smallest absolute Gasteiger partial charge is 0.331 e. The van der Waals surface area contributed by atoms with Crippen molar-refractivity contribution in [3.8, 4) is 11.1 Å². The van der Waals surface area contributed by atoms with Crippen molar-refractivity contribution in [2.24, 2.45) is 0 Å². The summed E-state index contributed by atoms with van der Waals surface area (Å²) in [5.74, 6) is -0.471. The molecule has 12 heteroatoms. The van der Waals surface area contributed by atoms with E-state index in [1.807, 2.05) is 23.1 Å². The number of rotatable bonds is 7. The number of amides is 3. The van der Waals surface area contributed by atoms with Crippen LogP contribution in [0.2, 0.25) is 10.0 Å². The fourth-order valence-corrected chi connectivity index (χ4v) is 6.47. The summed E-state index contributed by atoms with van der Waals surface area (Å²) in [5, 5.41) is 3.03. The highest BCUT2D eigenvalue weighted by molar-refractivity contribution is 6.43. The number of halogens is 2. The van der Waals surface area contributed by atoms with E-state index in [1.165, 1.54) is 23.3 Å². The van der Waals surface area contributed by atoms with Gasteiger partial charge in [0.05, 0.1) is 28.1 Å². The van der Waals surface area contributed by atoms with Crippen LogP contribution in [0, 0.1) is 0 Å². The van der Waals surface area contributed by atoms with E-state index >= 15 is 0 Å². The molecule has 2 aliphatic heterocycles. The molecule has 44 heavy (non-hydrogen) atoms. The Bertz CT molecular complexity index is 1710. The number of hydrogen-bond acceptors (Lipinski definition) is 5. The molecule has 0 radical (unpaired) electrons. The standard InChI is InChI=1S/C32H35Cl2N5O5/c1-20(17-35-21(2)40)39-31(43)26(25-8-5-9-27(33)30(25)34)18-37(32(39)44)19-29(42)36-13-11-24(12-14-36)38-15-10-22-6-3-4-7-23(22)16-28(38)41/h3-9,18,20,24H,10-17,19H2,1-2H3,(H,35,40)/t20-/m0/s1. The van der Waals surface area contributed by atoms with Crippen molar-refractivity contribution in [1.29, 1.82) is 0 Å². The minimum absolute atomic E-state index is 0.0386. The Morgan fingerprint density at radius 3 is 2.36 bits per heavy atom. The van der Waals surface area contributed by atoms with Crippen molar-refractivity contribution in [2.45, 2.75) is 58.2 Å². The lowest BCUT2D eigenvalue weighted by atomic mass is 10.0. The molecular weight excluding hydrogens is 605 g/mol. The van der Waals surface area contributed by atoms with E-state index in [0.717, 1.165) is 16.6 Å². The van der Waals surface area contributed by atoms with Gasteiger partial charge in [0.2, 0.25) is 17.7 Å². The van der Waals surface area contributed by atoms with E-state index in [-0.39, 0.29) is 52.5 Å². The third-order valence-electron chi connectivity index (χ3n) is 8.48. The van der Waals surface area contributed by atoms with Gasteiger partial charge in [0.25, 0.3) is 5.56 Å². The maximum Gasteiger partial charge on any atom is 0.331 e. The van der Waals surface area contributed by atoms with Crippen LogP contribution >= 0.6 is 23.2 Å². The fourth-order valence-electron chi connectivity index (χ4n) is 6.07. The van der Waals surface area contributed by atoms with Crippen molar-refractivity contribution >= 4 is 40.9 Å². The van der Waals surface area contributed by atoms with Gasteiger partial charge in [0.15, 0.2) is 0 Å². The van der Waals surface area contributed by atoms with Crippen LogP contribution in [0.5, 0.6) is 0 Å². The normalized spacial score (nSPS) is 16.3. The second-order valence-electron chi connectivity index (χ2n) is 11.4. The van der Waals surface area contributed by atoms with Crippen molar-refractivity contribution in [3.63, 3.8) is 0 Å². The van der Waals surface area contributed by atoms with Crippen LogP contribution in [-0.4, -0.2) is 68.9 Å². The second kappa shape index (κ2) is 13.4. The summed E-state index contributed by atoms with van der Waals surface area (Å²) >= 11 is 12.7. The fraction of sp³-hybridized carbons (Fsp3) is 0.406. The lowest BCUT2D eigenvalue weighted by Gasteiger charge is -2.38. The largest absolute Gasteiger partial charge is 0.354 e. The summed E-state index contributed by atoms with van der Waals surface area (Å²) in [6.07, 6.45) is 3.81. The monoisotopic (exact) mass is 639 g/mol. The molecule has 0 spiro atoms. The molecule has 1 aromatic heterocycles. The molecule has 1 N–H and O–H groups in total. The van der Waals surface area contributed by atoms with Crippen LogP contribution in [-0.2, 0) is 33.8 Å². The molecule has 2 aliphatic rings. The zero-order valence-corrected chi connectivity index (χ0v) is 26.2. The third kappa shape index (κ3) is 6.61. The number of benzene rings is 2. The number of carbonyl (C=O) groups excluding carboxylic acids is 3. The summed E-state index contributed by atoms with van der Waals surface area (Å²) in [5.41, 5.74) is 1.44. The minimum Gasteiger partial charge on any atom is -0.354 e. The van der Waals surface area contributed by atoms with Crippen molar-refractivity contribution in [3.05, 3.63) is 90.7 Å². The van der Waals surface area contributed by atoms with Crippen LogP contribution < -0.4 is 16.6 Å². The van der Waals surface area contributed by atoms with E-state index in [4.69, 9.17) is 23.2 Å². The van der Waals surface area contributed by atoms with Gasteiger partial charge in [0.1, 0.15) is 6.54 Å². The first-order valence-corrected chi connectivity index (χ1v) is 15.5. The predicted molar refractivity (Wildman–Crippen MR) is 169 cm³/mol. The van der Waals surface area contributed by atoms with Crippen molar-refractivity contribution in [1.82, 2.24) is 24.3 Å². The molecule has 0 saturated carbocycles. The van der Waals surface area contributed by atoms with Crippen LogP contribution in [0.15, 0.2) is 58.3 Å². The Labute approximate surface area is 265 Å². The first-order valence-electron chi connectivity index (χ1n) is 14.7. The highest BCUT2D eigenvalue weighted by Crippen LogP contribution is 2.32. The number of nitrogens with zero attached hydrogens (tertiary/aromatic N) is 4. The summed E-state index contributed by atoms with van der Waals surface area (Å²) in [4.78, 5) is 69.0. The number of carbonyl (C=O) groups is 3.